The van der Waals surface area contributed by atoms with Crippen LogP contribution in [0.5, 0.6) is 0 Å². The molecule has 0 unspecified atom stereocenters. The molecule has 0 spiro atoms. The molecule has 118 valence electrons. The van der Waals surface area contributed by atoms with E-state index in [0.717, 1.165) is 28.0 Å². The van der Waals surface area contributed by atoms with Crippen LogP contribution in [0.4, 0.5) is 5.69 Å². The van der Waals surface area contributed by atoms with Gasteiger partial charge in [0.05, 0.1) is 0 Å². The van der Waals surface area contributed by atoms with E-state index in [0.29, 0.717) is 6.42 Å². The number of anilines is 1. The molecule has 0 bridgehead atoms. The van der Waals surface area contributed by atoms with Gasteiger partial charge in [0, 0.05) is 30.5 Å². The van der Waals surface area contributed by atoms with E-state index in [1.807, 2.05) is 42.8 Å². The van der Waals surface area contributed by atoms with Crippen LogP contribution in [0.15, 0.2) is 29.4 Å². The van der Waals surface area contributed by atoms with Crippen LogP contribution in [0.1, 0.15) is 33.1 Å². The van der Waals surface area contributed by atoms with Crippen molar-refractivity contribution in [3.8, 4) is 11.4 Å². The molecule has 0 radical (unpaired) electrons. The van der Waals surface area contributed by atoms with E-state index in [1.165, 1.54) is 12.8 Å². The Morgan fingerprint density at radius 1 is 1.23 bits per heavy atom. The molecule has 22 heavy (non-hydrogen) atoms. The minimum Gasteiger partial charge on any atom is -0.326 e. The number of carbonyl (C=O) groups is 1. The molecule has 0 aliphatic heterocycles. The zero-order chi connectivity index (χ0) is 15.9. The van der Waals surface area contributed by atoms with Gasteiger partial charge in [-0.2, -0.15) is 0 Å². The molecule has 0 atom stereocenters. The number of hydrogen-bond acceptors (Lipinski definition) is 4. The summed E-state index contributed by atoms with van der Waals surface area (Å²) in [4.78, 5) is 11.4. The van der Waals surface area contributed by atoms with Gasteiger partial charge in [-0.15, -0.1) is 10.2 Å². The van der Waals surface area contributed by atoms with Gasteiger partial charge < -0.3 is 9.88 Å². The Hall–Kier alpha value is -1.82. The first-order valence-electron chi connectivity index (χ1n) is 7.58. The number of aromatic nitrogens is 3. The molecule has 0 fully saturated rings. The summed E-state index contributed by atoms with van der Waals surface area (Å²) in [6.45, 7) is 4.02. The number of nitrogens with one attached hydrogen (secondary N) is 1. The van der Waals surface area contributed by atoms with Gasteiger partial charge in [-0.05, 0) is 30.7 Å². The third-order valence-electron chi connectivity index (χ3n) is 3.31. The summed E-state index contributed by atoms with van der Waals surface area (Å²) in [5, 5.41) is 12.3. The Labute approximate surface area is 135 Å². The Morgan fingerprint density at radius 2 is 1.95 bits per heavy atom. The number of hydrogen-bond donors (Lipinski definition) is 1. The van der Waals surface area contributed by atoms with Crippen molar-refractivity contribution < 1.29 is 4.79 Å². The lowest BCUT2D eigenvalue weighted by atomic mass is 10.2. The number of amides is 1. The van der Waals surface area contributed by atoms with Crippen molar-refractivity contribution in [1.82, 2.24) is 14.8 Å². The van der Waals surface area contributed by atoms with Gasteiger partial charge in [-0.25, -0.2) is 0 Å². The number of thioether (sulfide) groups is 1. The third-order valence-corrected chi connectivity index (χ3v) is 4.42. The van der Waals surface area contributed by atoms with Crippen LogP contribution < -0.4 is 5.32 Å². The minimum atomic E-state index is 0.0148. The normalized spacial score (nSPS) is 10.7. The fourth-order valence-electron chi connectivity index (χ4n) is 1.95. The van der Waals surface area contributed by atoms with E-state index in [9.17, 15) is 4.79 Å². The first kappa shape index (κ1) is 16.5. The predicted molar refractivity (Wildman–Crippen MR) is 91.0 cm³/mol. The standard InChI is InChI=1S/C16H22N4OS/c1-4-6-11-22-16-19-18-15(20(16)3)12-7-9-13(10-8-12)17-14(21)5-2/h7-10H,4-6,11H2,1-3H3,(H,17,21). The molecule has 2 aromatic rings. The topological polar surface area (TPSA) is 59.8 Å². The van der Waals surface area contributed by atoms with Gasteiger partial charge >= 0.3 is 0 Å². The fraction of sp³-hybridized carbons (Fsp3) is 0.438. The van der Waals surface area contributed by atoms with Gasteiger partial charge in [0.2, 0.25) is 5.91 Å². The van der Waals surface area contributed by atoms with E-state index < -0.39 is 0 Å². The van der Waals surface area contributed by atoms with Crippen molar-refractivity contribution >= 4 is 23.4 Å². The minimum absolute atomic E-state index is 0.0148. The molecule has 1 N–H and O–H groups in total. The average molecular weight is 318 g/mol. The number of rotatable bonds is 7. The molecule has 0 saturated carbocycles. The highest BCUT2D eigenvalue weighted by atomic mass is 32.2. The summed E-state index contributed by atoms with van der Waals surface area (Å²) >= 11 is 1.73. The zero-order valence-corrected chi connectivity index (χ0v) is 14.1. The molecule has 5 nitrogen and oxygen atoms in total. The highest BCUT2D eigenvalue weighted by Crippen LogP contribution is 2.24. The first-order chi connectivity index (χ1) is 10.7. The molecule has 1 amide bonds. The van der Waals surface area contributed by atoms with Gasteiger partial charge in [-0.3, -0.25) is 4.79 Å². The Balaban J connectivity index is 2.10. The smallest absolute Gasteiger partial charge is 0.224 e. The summed E-state index contributed by atoms with van der Waals surface area (Å²) in [7, 11) is 1.98. The SMILES string of the molecule is CCCCSc1nnc(-c2ccc(NC(=O)CC)cc2)n1C. The summed E-state index contributed by atoms with van der Waals surface area (Å²) in [5.41, 5.74) is 1.79. The Morgan fingerprint density at radius 3 is 2.59 bits per heavy atom. The summed E-state index contributed by atoms with van der Waals surface area (Å²) in [6.07, 6.45) is 2.84. The molecular formula is C16H22N4OS. The van der Waals surface area contributed by atoms with Crippen molar-refractivity contribution in [2.24, 2.45) is 7.05 Å². The maximum Gasteiger partial charge on any atom is 0.224 e. The van der Waals surface area contributed by atoms with Crippen molar-refractivity contribution in [3.05, 3.63) is 24.3 Å². The molecule has 0 aliphatic rings. The lowest BCUT2D eigenvalue weighted by Crippen LogP contribution is -2.09. The lowest BCUT2D eigenvalue weighted by Gasteiger charge is -2.06. The van der Waals surface area contributed by atoms with E-state index in [2.05, 4.69) is 22.4 Å². The Kier molecular flexibility index (Phi) is 6.00. The van der Waals surface area contributed by atoms with E-state index in [4.69, 9.17) is 0 Å². The van der Waals surface area contributed by atoms with Crippen molar-refractivity contribution in [3.63, 3.8) is 0 Å². The zero-order valence-electron chi connectivity index (χ0n) is 13.3. The van der Waals surface area contributed by atoms with Crippen LogP contribution in [-0.2, 0) is 11.8 Å². The van der Waals surface area contributed by atoms with Crippen LogP contribution in [0.2, 0.25) is 0 Å². The van der Waals surface area contributed by atoms with Crippen molar-refractivity contribution in [1.29, 1.82) is 0 Å². The van der Waals surface area contributed by atoms with Crippen LogP contribution >= 0.6 is 11.8 Å². The highest BCUT2D eigenvalue weighted by molar-refractivity contribution is 7.99. The molecule has 2 rings (SSSR count). The molecule has 1 aromatic heterocycles. The second kappa shape index (κ2) is 7.98. The molecule has 0 saturated heterocycles. The molecule has 0 aliphatic carbocycles. The van der Waals surface area contributed by atoms with Gasteiger partial charge in [0.25, 0.3) is 0 Å². The summed E-state index contributed by atoms with van der Waals surface area (Å²) in [5.74, 6) is 1.91. The van der Waals surface area contributed by atoms with E-state index in [1.54, 1.807) is 11.8 Å². The predicted octanol–water partition coefficient (Wildman–Crippen LogP) is 3.72. The molecule has 1 heterocycles. The monoisotopic (exact) mass is 318 g/mol. The van der Waals surface area contributed by atoms with Crippen LogP contribution in [0.25, 0.3) is 11.4 Å². The summed E-state index contributed by atoms with van der Waals surface area (Å²) in [6, 6.07) is 7.69. The van der Waals surface area contributed by atoms with Crippen LogP contribution in [0.3, 0.4) is 0 Å². The molecule has 1 aromatic carbocycles. The van der Waals surface area contributed by atoms with E-state index >= 15 is 0 Å². The fourth-order valence-corrected chi connectivity index (χ4v) is 2.95. The second-order valence-corrected chi connectivity index (χ2v) is 6.11. The van der Waals surface area contributed by atoms with Crippen LogP contribution in [0, 0.1) is 0 Å². The first-order valence-corrected chi connectivity index (χ1v) is 8.56. The highest BCUT2D eigenvalue weighted by Gasteiger charge is 2.11. The Bertz CT molecular complexity index is 622. The lowest BCUT2D eigenvalue weighted by molar-refractivity contribution is -0.115. The summed E-state index contributed by atoms with van der Waals surface area (Å²) < 4.78 is 2.01. The van der Waals surface area contributed by atoms with Crippen LogP contribution in [-0.4, -0.2) is 26.4 Å². The largest absolute Gasteiger partial charge is 0.326 e. The van der Waals surface area contributed by atoms with Gasteiger partial charge in [0.15, 0.2) is 11.0 Å². The number of carbonyl (C=O) groups excluding carboxylic acids is 1. The maximum atomic E-state index is 11.4. The third kappa shape index (κ3) is 4.10. The van der Waals surface area contributed by atoms with Crippen molar-refractivity contribution in [2.75, 3.05) is 11.1 Å². The van der Waals surface area contributed by atoms with Gasteiger partial charge in [0.1, 0.15) is 0 Å². The molecule has 6 heteroatoms. The molecular weight excluding hydrogens is 296 g/mol. The maximum absolute atomic E-state index is 11.4. The second-order valence-electron chi connectivity index (χ2n) is 5.05. The number of nitrogens with zero attached hydrogens (tertiary/aromatic N) is 3. The number of unbranched alkanes of at least 4 members (excludes halogenated alkanes) is 1. The average Bonchev–Trinajstić information content (AvgIpc) is 2.89. The number of benzene rings is 1. The quantitative estimate of drug-likeness (QED) is 0.624. The van der Waals surface area contributed by atoms with Gasteiger partial charge in [-0.1, -0.05) is 32.0 Å². The van der Waals surface area contributed by atoms with E-state index in [-0.39, 0.29) is 5.91 Å². The van der Waals surface area contributed by atoms with Crippen molar-refractivity contribution in [2.45, 2.75) is 38.3 Å².